The fraction of sp³-hybridized carbons (Fsp3) is 0.375. The molecule has 0 fully saturated rings. The maximum absolute atomic E-state index is 12.6. The van der Waals surface area contributed by atoms with Gasteiger partial charge in [0.05, 0.1) is 19.2 Å². The quantitative estimate of drug-likeness (QED) is 0.848. The van der Waals surface area contributed by atoms with Crippen molar-refractivity contribution in [2.45, 2.75) is 20.3 Å². The minimum absolute atomic E-state index is 0.0573. The second kappa shape index (κ2) is 6.43. The Morgan fingerprint density at radius 1 is 1.43 bits per heavy atom. The zero-order valence-corrected chi connectivity index (χ0v) is 13.0. The minimum Gasteiger partial charge on any atom is -0.497 e. The molecule has 0 saturated heterocycles. The lowest BCUT2D eigenvalue weighted by Crippen LogP contribution is -2.32. The first-order valence-corrected chi connectivity index (χ1v) is 6.98. The van der Waals surface area contributed by atoms with Crippen molar-refractivity contribution >= 4 is 11.6 Å². The second-order valence-corrected chi connectivity index (χ2v) is 4.93. The summed E-state index contributed by atoms with van der Waals surface area (Å²) in [4.78, 5) is 14.3. The summed E-state index contributed by atoms with van der Waals surface area (Å²) in [5.41, 5.74) is 2.71. The van der Waals surface area contributed by atoms with Gasteiger partial charge in [-0.15, -0.1) is 0 Å². The molecule has 0 unspecified atom stereocenters. The number of nitrogens with zero attached hydrogens (tertiary/aromatic N) is 3. The molecule has 1 heterocycles. The molecule has 0 aliphatic carbocycles. The predicted molar refractivity (Wildman–Crippen MR) is 82.7 cm³/mol. The number of aryl methyl sites for hydroxylation is 2. The number of carbonyl (C=O) groups excluding carboxylic acids is 1. The second-order valence-electron chi connectivity index (χ2n) is 4.93. The number of ether oxygens (including phenoxy) is 1. The third-order valence-corrected chi connectivity index (χ3v) is 3.44. The highest BCUT2D eigenvalue weighted by Crippen LogP contribution is 2.22. The van der Waals surface area contributed by atoms with Gasteiger partial charge in [0.1, 0.15) is 5.75 Å². The number of hydrogen-bond acceptors (Lipinski definition) is 3. The van der Waals surface area contributed by atoms with E-state index in [2.05, 4.69) is 5.10 Å². The molecule has 0 aliphatic rings. The third kappa shape index (κ3) is 3.42. The van der Waals surface area contributed by atoms with Gasteiger partial charge in [-0.1, -0.05) is 6.07 Å². The average molecular weight is 287 g/mol. The van der Waals surface area contributed by atoms with E-state index in [1.54, 1.807) is 16.7 Å². The van der Waals surface area contributed by atoms with E-state index in [9.17, 15) is 4.79 Å². The van der Waals surface area contributed by atoms with Crippen LogP contribution in [0.4, 0.5) is 5.69 Å². The van der Waals surface area contributed by atoms with Crippen LogP contribution in [0, 0.1) is 6.92 Å². The summed E-state index contributed by atoms with van der Waals surface area (Å²) < 4.78 is 6.95. The number of anilines is 1. The molecule has 0 N–H and O–H groups in total. The van der Waals surface area contributed by atoms with E-state index in [0.717, 1.165) is 22.7 Å². The molecule has 2 aromatic rings. The van der Waals surface area contributed by atoms with E-state index >= 15 is 0 Å². The number of rotatable bonds is 5. The molecule has 2 rings (SSSR count). The normalized spacial score (nSPS) is 10.5. The monoisotopic (exact) mass is 287 g/mol. The molecule has 1 amide bonds. The first-order valence-electron chi connectivity index (χ1n) is 6.98. The molecular weight excluding hydrogens is 266 g/mol. The lowest BCUT2D eigenvalue weighted by Gasteiger charge is -2.21. The Hall–Kier alpha value is -2.30. The summed E-state index contributed by atoms with van der Waals surface area (Å²) >= 11 is 0. The van der Waals surface area contributed by atoms with Crippen molar-refractivity contribution in [3.8, 4) is 5.75 Å². The van der Waals surface area contributed by atoms with E-state index < -0.39 is 0 Å². The van der Waals surface area contributed by atoms with Crippen molar-refractivity contribution in [3.63, 3.8) is 0 Å². The molecule has 0 aliphatic heterocycles. The highest BCUT2D eigenvalue weighted by atomic mass is 16.5. The summed E-state index contributed by atoms with van der Waals surface area (Å²) in [7, 11) is 3.48. The zero-order valence-electron chi connectivity index (χ0n) is 13.0. The third-order valence-electron chi connectivity index (χ3n) is 3.44. The van der Waals surface area contributed by atoms with E-state index in [1.165, 1.54) is 0 Å². The Morgan fingerprint density at radius 2 is 2.19 bits per heavy atom. The SMILES string of the molecule is CCN(C(=O)Cc1cn(C)nc1C)c1cccc(OC)c1. The first-order chi connectivity index (χ1) is 10.0. The number of amides is 1. The van der Waals surface area contributed by atoms with Crippen LogP contribution in [-0.2, 0) is 18.3 Å². The summed E-state index contributed by atoms with van der Waals surface area (Å²) in [5.74, 6) is 0.804. The van der Waals surface area contributed by atoms with Gasteiger partial charge in [0, 0.05) is 37.1 Å². The summed E-state index contributed by atoms with van der Waals surface area (Å²) in [6, 6.07) is 7.55. The van der Waals surface area contributed by atoms with Crippen LogP contribution in [0.3, 0.4) is 0 Å². The van der Waals surface area contributed by atoms with Crippen molar-refractivity contribution in [2.75, 3.05) is 18.6 Å². The van der Waals surface area contributed by atoms with Crippen molar-refractivity contribution in [3.05, 3.63) is 41.7 Å². The topological polar surface area (TPSA) is 47.4 Å². The Balaban J connectivity index is 2.20. The molecule has 1 aromatic carbocycles. The number of methoxy groups -OCH3 is 1. The van der Waals surface area contributed by atoms with Gasteiger partial charge < -0.3 is 9.64 Å². The molecule has 0 spiro atoms. The molecule has 21 heavy (non-hydrogen) atoms. The van der Waals surface area contributed by atoms with Crippen LogP contribution >= 0.6 is 0 Å². The van der Waals surface area contributed by atoms with Crippen LogP contribution in [-0.4, -0.2) is 29.3 Å². The summed E-state index contributed by atoms with van der Waals surface area (Å²) in [6.07, 6.45) is 2.25. The number of aromatic nitrogens is 2. The Bertz CT molecular complexity index is 634. The van der Waals surface area contributed by atoms with Gasteiger partial charge in [-0.25, -0.2) is 0 Å². The molecule has 5 heteroatoms. The maximum Gasteiger partial charge on any atom is 0.231 e. The van der Waals surface area contributed by atoms with Gasteiger partial charge in [-0.2, -0.15) is 5.10 Å². The number of carbonyl (C=O) groups is 1. The van der Waals surface area contributed by atoms with Crippen molar-refractivity contribution in [2.24, 2.45) is 7.05 Å². The van der Waals surface area contributed by atoms with Crippen molar-refractivity contribution < 1.29 is 9.53 Å². The Kier molecular flexibility index (Phi) is 4.62. The van der Waals surface area contributed by atoms with Gasteiger partial charge >= 0.3 is 0 Å². The van der Waals surface area contributed by atoms with Crippen LogP contribution in [0.15, 0.2) is 30.5 Å². The molecular formula is C16H21N3O2. The van der Waals surface area contributed by atoms with Crippen LogP contribution in [0.2, 0.25) is 0 Å². The van der Waals surface area contributed by atoms with Crippen molar-refractivity contribution in [1.82, 2.24) is 9.78 Å². The van der Waals surface area contributed by atoms with E-state index in [1.807, 2.05) is 51.4 Å². The number of benzene rings is 1. The maximum atomic E-state index is 12.6. The standard InChI is InChI=1S/C16H21N3O2/c1-5-19(14-7-6-8-15(10-14)21-4)16(20)9-13-11-18(3)17-12(13)2/h6-8,10-11H,5,9H2,1-4H3. The molecule has 0 radical (unpaired) electrons. The lowest BCUT2D eigenvalue weighted by molar-refractivity contribution is -0.117. The highest BCUT2D eigenvalue weighted by molar-refractivity contribution is 5.95. The average Bonchev–Trinajstić information content (AvgIpc) is 2.78. The van der Waals surface area contributed by atoms with E-state index in [-0.39, 0.29) is 5.91 Å². The zero-order chi connectivity index (χ0) is 15.4. The minimum atomic E-state index is 0.0573. The molecule has 1 aromatic heterocycles. The molecule has 112 valence electrons. The summed E-state index contributed by atoms with van der Waals surface area (Å²) in [6.45, 7) is 4.50. The largest absolute Gasteiger partial charge is 0.497 e. The molecule has 0 atom stereocenters. The van der Waals surface area contributed by atoms with Crippen LogP contribution in [0.1, 0.15) is 18.2 Å². The number of hydrogen-bond donors (Lipinski definition) is 0. The number of likely N-dealkylation sites (N-methyl/N-ethyl adjacent to an activating group) is 1. The smallest absolute Gasteiger partial charge is 0.231 e. The van der Waals surface area contributed by atoms with Crippen LogP contribution < -0.4 is 9.64 Å². The van der Waals surface area contributed by atoms with Crippen LogP contribution in [0.5, 0.6) is 5.75 Å². The predicted octanol–water partition coefficient (Wildman–Crippen LogP) is 2.33. The van der Waals surface area contributed by atoms with Crippen LogP contribution in [0.25, 0.3) is 0 Å². The van der Waals surface area contributed by atoms with Gasteiger partial charge in [-0.05, 0) is 26.0 Å². The van der Waals surface area contributed by atoms with Gasteiger partial charge in [0.25, 0.3) is 0 Å². The van der Waals surface area contributed by atoms with Gasteiger partial charge in [0.15, 0.2) is 0 Å². The van der Waals surface area contributed by atoms with Gasteiger partial charge in [0.2, 0.25) is 5.91 Å². The molecule has 0 bridgehead atoms. The van der Waals surface area contributed by atoms with E-state index in [4.69, 9.17) is 4.74 Å². The Morgan fingerprint density at radius 3 is 2.76 bits per heavy atom. The Labute approximate surface area is 125 Å². The first kappa shape index (κ1) is 15.1. The van der Waals surface area contributed by atoms with Gasteiger partial charge in [-0.3, -0.25) is 9.48 Å². The molecule has 0 saturated carbocycles. The fourth-order valence-corrected chi connectivity index (χ4v) is 2.36. The molecule has 5 nitrogen and oxygen atoms in total. The van der Waals surface area contributed by atoms with E-state index in [0.29, 0.717) is 13.0 Å². The summed E-state index contributed by atoms with van der Waals surface area (Å²) in [5, 5.41) is 4.28. The lowest BCUT2D eigenvalue weighted by atomic mass is 10.1. The van der Waals surface area contributed by atoms with Crippen molar-refractivity contribution in [1.29, 1.82) is 0 Å². The highest BCUT2D eigenvalue weighted by Gasteiger charge is 2.17. The fourth-order valence-electron chi connectivity index (χ4n) is 2.36.